The lowest BCUT2D eigenvalue weighted by molar-refractivity contribution is -0.216. The highest BCUT2D eigenvalue weighted by Gasteiger charge is 2.49. The first-order valence-electron chi connectivity index (χ1n) is 4.22. The van der Waals surface area contributed by atoms with E-state index in [1.165, 1.54) is 0 Å². The minimum absolute atomic E-state index is 0.00845. The van der Waals surface area contributed by atoms with Gasteiger partial charge in [-0.05, 0) is 0 Å². The quantitative estimate of drug-likeness (QED) is 0.698. The number of nitrogens with one attached hydrogen (secondary N) is 1. The molecule has 0 saturated carbocycles. The van der Waals surface area contributed by atoms with E-state index in [1.54, 1.807) is 0 Å². The SMILES string of the molecule is FC(F)[C@@H](N1CCNCC1)C(F)(F)F. The minimum Gasteiger partial charge on any atom is -0.314 e. The molecule has 0 spiro atoms. The van der Waals surface area contributed by atoms with Crippen LogP contribution in [0.2, 0.25) is 0 Å². The fraction of sp³-hybridized carbons (Fsp3) is 1.00. The fourth-order valence-electron chi connectivity index (χ4n) is 1.47. The Kier molecular flexibility index (Phi) is 3.65. The first-order valence-corrected chi connectivity index (χ1v) is 4.22. The molecule has 14 heavy (non-hydrogen) atoms. The summed E-state index contributed by atoms with van der Waals surface area (Å²) in [6.07, 6.45) is -8.24. The molecule has 1 aliphatic rings. The average molecular weight is 218 g/mol. The molecule has 1 rings (SSSR count). The van der Waals surface area contributed by atoms with Crippen LogP contribution in [0.25, 0.3) is 0 Å². The van der Waals surface area contributed by atoms with Crippen LogP contribution in [0.4, 0.5) is 22.0 Å². The third kappa shape index (κ3) is 2.78. The van der Waals surface area contributed by atoms with Crippen molar-refractivity contribution in [2.24, 2.45) is 0 Å². The van der Waals surface area contributed by atoms with Gasteiger partial charge in [0.25, 0.3) is 6.43 Å². The molecule has 0 aromatic rings. The second-order valence-corrected chi connectivity index (χ2v) is 3.11. The molecular formula is C7H11F5N2. The van der Waals surface area contributed by atoms with Crippen molar-refractivity contribution in [3.05, 3.63) is 0 Å². The summed E-state index contributed by atoms with van der Waals surface area (Å²) >= 11 is 0. The Morgan fingerprint density at radius 2 is 1.57 bits per heavy atom. The standard InChI is InChI=1S/C7H11F5N2/c8-6(9)5(7(10,11)12)14-3-1-13-2-4-14/h5-6,13H,1-4H2/t5-/m1/s1. The van der Waals surface area contributed by atoms with Crippen LogP contribution in [-0.2, 0) is 0 Å². The van der Waals surface area contributed by atoms with Crippen molar-refractivity contribution in [1.82, 2.24) is 10.2 Å². The third-order valence-electron chi connectivity index (χ3n) is 2.12. The molecule has 1 atom stereocenters. The van der Waals surface area contributed by atoms with Gasteiger partial charge in [-0.2, -0.15) is 13.2 Å². The average Bonchev–Trinajstić information content (AvgIpc) is 2.02. The number of alkyl halides is 5. The van der Waals surface area contributed by atoms with Crippen molar-refractivity contribution < 1.29 is 22.0 Å². The van der Waals surface area contributed by atoms with Crippen molar-refractivity contribution in [1.29, 1.82) is 0 Å². The largest absolute Gasteiger partial charge is 0.409 e. The van der Waals surface area contributed by atoms with E-state index in [0.29, 0.717) is 13.1 Å². The van der Waals surface area contributed by atoms with E-state index < -0.39 is 18.6 Å². The van der Waals surface area contributed by atoms with E-state index in [4.69, 9.17) is 0 Å². The molecule has 0 aromatic carbocycles. The summed E-state index contributed by atoms with van der Waals surface area (Å²) in [6.45, 7) is 0.654. The van der Waals surface area contributed by atoms with Gasteiger partial charge in [0.05, 0.1) is 0 Å². The number of rotatable bonds is 2. The first kappa shape index (κ1) is 11.6. The van der Waals surface area contributed by atoms with Gasteiger partial charge < -0.3 is 5.32 Å². The predicted octanol–water partition coefficient (Wildman–Crippen LogP) is 1.09. The van der Waals surface area contributed by atoms with Gasteiger partial charge in [-0.15, -0.1) is 0 Å². The molecule has 2 nitrogen and oxygen atoms in total. The molecule has 1 aliphatic heterocycles. The number of halogens is 5. The smallest absolute Gasteiger partial charge is 0.314 e. The van der Waals surface area contributed by atoms with E-state index >= 15 is 0 Å². The number of piperazine rings is 1. The van der Waals surface area contributed by atoms with Crippen LogP contribution >= 0.6 is 0 Å². The van der Waals surface area contributed by atoms with Crippen LogP contribution in [0.15, 0.2) is 0 Å². The van der Waals surface area contributed by atoms with Gasteiger partial charge in [0, 0.05) is 26.2 Å². The summed E-state index contributed by atoms with van der Waals surface area (Å²) in [5.74, 6) is 0. The molecule has 7 heteroatoms. The van der Waals surface area contributed by atoms with E-state index in [0.717, 1.165) is 4.90 Å². The maximum atomic E-state index is 12.2. The Hall–Kier alpha value is -0.430. The Labute approximate surface area is 78.1 Å². The van der Waals surface area contributed by atoms with E-state index in [-0.39, 0.29) is 13.1 Å². The van der Waals surface area contributed by atoms with Crippen molar-refractivity contribution in [2.45, 2.75) is 18.6 Å². The van der Waals surface area contributed by atoms with E-state index in [1.807, 2.05) is 0 Å². The highest BCUT2D eigenvalue weighted by molar-refractivity contribution is 4.83. The van der Waals surface area contributed by atoms with E-state index in [9.17, 15) is 22.0 Å². The van der Waals surface area contributed by atoms with Crippen LogP contribution in [0.3, 0.4) is 0 Å². The molecule has 1 heterocycles. The lowest BCUT2D eigenvalue weighted by atomic mass is 10.2. The second-order valence-electron chi connectivity index (χ2n) is 3.11. The Balaban J connectivity index is 2.66. The Morgan fingerprint density at radius 1 is 1.07 bits per heavy atom. The zero-order valence-corrected chi connectivity index (χ0v) is 7.32. The molecule has 0 radical (unpaired) electrons. The second kappa shape index (κ2) is 4.39. The maximum Gasteiger partial charge on any atom is 0.409 e. The Morgan fingerprint density at radius 3 is 1.93 bits per heavy atom. The first-order chi connectivity index (χ1) is 6.43. The zero-order chi connectivity index (χ0) is 10.8. The summed E-state index contributed by atoms with van der Waals surface area (Å²) < 4.78 is 61.0. The molecule has 1 fully saturated rings. The monoisotopic (exact) mass is 218 g/mol. The number of nitrogens with zero attached hydrogens (tertiary/aromatic N) is 1. The van der Waals surface area contributed by atoms with Gasteiger partial charge in [-0.25, -0.2) is 8.78 Å². The molecule has 84 valence electrons. The van der Waals surface area contributed by atoms with Crippen molar-refractivity contribution in [3.8, 4) is 0 Å². The zero-order valence-electron chi connectivity index (χ0n) is 7.32. The van der Waals surface area contributed by atoms with Crippen LogP contribution in [0.5, 0.6) is 0 Å². The van der Waals surface area contributed by atoms with Gasteiger partial charge in [0.1, 0.15) is 0 Å². The number of hydrogen-bond acceptors (Lipinski definition) is 2. The van der Waals surface area contributed by atoms with Gasteiger partial charge in [-0.1, -0.05) is 0 Å². The van der Waals surface area contributed by atoms with Crippen LogP contribution in [-0.4, -0.2) is 49.7 Å². The van der Waals surface area contributed by atoms with E-state index in [2.05, 4.69) is 5.32 Å². The molecule has 0 unspecified atom stereocenters. The highest BCUT2D eigenvalue weighted by Crippen LogP contribution is 2.29. The van der Waals surface area contributed by atoms with Crippen LogP contribution in [0, 0.1) is 0 Å². The maximum absolute atomic E-state index is 12.2. The summed E-state index contributed by atoms with van der Waals surface area (Å²) in [4.78, 5) is 0.779. The molecular weight excluding hydrogens is 207 g/mol. The lowest BCUT2D eigenvalue weighted by Crippen LogP contribution is -2.56. The normalized spacial score (nSPS) is 22.7. The lowest BCUT2D eigenvalue weighted by Gasteiger charge is -2.35. The van der Waals surface area contributed by atoms with Crippen molar-refractivity contribution >= 4 is 0 Å². The Bertz CT molecular complexity index is 175. The van der Waals surface area contributed by atoms with Crippen LogP contribution < -0.4 is 5.32 Å². The van der Waals surface area contributed by atoms with Crippen LogP contribution in [0.1, 0.15) is 0 Å². The van der Waals surface area contributed by atoms with Gasteiger partial charge in [0.15, 0.2) is 6.04 Å². The number of hydrogen-bond donors (Lipinski definition) is 1. The molecule has 1 saturated heterocycles. The van der Waals surface area contributed by atoms with Gasteiger partial charge in [0.2, 0.25) is 0 Å². The summed E-state index contributed by atoms with van der Waals surface area (Å²) in [5, 5.41) is 2.81. The summed E-state index contributed by atoms with van der Waals surface area (Å²) in [5.41, 5.74) is 0. The third-order valence-corrected chi connectivity index (χ3v) is 2.12. The fourth-order valence-corrected chi connectivity index (χ4v) is 1.47. The highest BCUT2D eigenvalue weighted by atomic mass is 19.4. The summed E-state index contributed by atoms with van der Waals surface area (Å²) in [6, 6.07) is -2.62. The summed E-state index contributed by atoms with van der Waals surface area (Å²) in [7, 11) is 0. The molecule has 0 amide bonds. The van der Waals surface area contributed by atoms with Crippen molar-refractivity contribution in [2.75, 3.05) is 26.2 Å². The topological polar surface area (TPSA) is 15.3 Å². The molecule has 0 aromatic heterocycles. The molecule has 1 N–H and O–H groups in total. The van der Waals surface area contributed by atoms with Gasteiger partial charge in [-0.3, -0.25) is 4.90 Å². The minimum atomic E-state index is -4.86. The predicted molar refractivity (Wildman–Crippen MR) is 40.3 cm³/mol. The molecule has 0 bridgehead atoms. The van der Waals surface area contributed by atoms with Crippen molar-refractivity contribution in [3.63, 3.8) is 0 Å². The van der Waals surface area contributed by atoms with Gasteiger partial charge >= 0.3 is 6.18 Å². The molecule has 0 aliphatic carbocycles.